The van der Waals surface area contributed by atoms with E-state index in [0.717, 1.165) is 43.0 Å². The topological polar surface area (TPSA) is 63.9 Å². The Bertz CT molecular complexity index is 694. The standard InChI is InChI=1S/C17H23N5O/c1-12(2)22-16(4-6-20-22)17-15(18-7-8-19-17)10-14-5-9-21(11-14)13(3)23/h4,6-8,12,14H,5,9-11H2,1-3H3. The van der Waals surface area contributed by atoms with Gasteiger partial charge in [0.15, 0.2) is 0 Å². The number of hydrogen-bond donors (Lipinski definition) is 0. The van der Waals surface area contributed by atoms with E-state index < -0.39 is 0 Å². The number of amides is 1. The normalized spacial score (nSPS) is 17.9. The van der Waals surface area contributed by atoms with E-state index in [-0.39, 0.29) is 11.9 Å². The van der Waals surface area contributed by atoms with E-state index in [0.29, 0.717) is 5.92 Å². The van der Waals surface area contributed by atoms with Crippen molar-refractivity contribution in [3.8, 4) is 11.4 Å². The highest BCUT2D eigenvalue weighted by molar-refractivity contribution is 5.73. The summed E-state index contributed by atoms with van der Waals surface area (Å²) in [7, 11) is 0. The number of aromatic nitrogens is 4. The summed E-state index contributed by atoms with van der Waals surface area (Å²) in [4.78, 5) is 22.5. The van der Waals surface area contributed by atoms with Crippen molar-refractivity contribution in [2.75, 3.05) is 13.1 Å². The van der Waals surface area contributed by atoms with Crippen LogP contribution in [0.3, 0.4) is 0 Å². The molecule has 0 aliphatic carbocycles. The molecule has 0 aromatic carbocycles. The molecule has 2 aromatic rings. The number of carbonyl (C=O) groups excluding carboxylic acids is 1. The minimum atomic E-state index is 0.157. The summed E-state index contributed by atoms with van der Waals surface area (Å²) in [5.74, 6) is 0.606. The smallest absolute Gasteiger partial charge is 0.219 e. The van der Waals surface area contributed by atoms with Crippen LogP contribution in [0.1, 0.15) is 38.9 Å². The molecule has 0 radical (unpaired) electrons. The van der Waals surface area contributed by atoms with Gasteiger partial charge in [0.05, 0.1) is 11.4 Å². The van der Waals surface area contributed by atoms with Gasteiger partial charge in [0.2, 0.25) is 5.91 Å². The first-order valence-corrected chi connectivity index (χ1v) is 8.15. The van der Waals surface area contributed by atoms with Crippen LogP contribution in [-0.2, 0) is 11.2 Å². The Labute approximate surface area is 136 Å². The first kappa shape index (κ1) is 15.6. The van der Waals surface area contributed by atoms with Crippen LogP contribution in [0.15, 0.2) is 24.7 Å². The Kier molecular flexibility index (Phi) is 4.41. The predicted molar refractivity (Wildman–Crippen MR) is 87.7 cm³/mol. The molecule has 1 saturated heterocycles. The quantitative estimate of drug-likeness (QED) is 0.869. The van der Waals surface area contributed by atoms with E-state index in [1.165, 1.54) is 0 Å². The molecule has 2 aromatic heterocycles. The molecular formula is C17H23N5O. The first-order valence-electron chi connectivity index (χ1n) is 8.15. The van der Waals surface area contributed by atoms with Gasteiger partial charge in [-0.15, -0.1) is 0 Å². The largest absolute Gasteiger partial charge is 0.343 e. The minimum Gasteiger partial charge on any atom is -0.343 e. The molecule has 122 valence electrons. The molecule has 3 heterocycles. The maximum absolute atomic E-state index is 11.5. The fraction of sp³-hybridized carbons (Fsp3) is 0.529. The van der Waals surface area contributed by atoms with Crippen LogP contribution >= 0.6 is 0 Å². The highest BCUT2D eigenvalue weighted by atomic mass is 16.2. The van der Waals surface area contributed by atoms with Gasteiger partial charge >= 0.3 is 0 Å². The van der Waals surface area contributed by atoms with Gasteiger partial charge in [-0.2, -0.15) is 5.10 Å². The number of likely N-dealkylation sites (tertiary alicyclic amines) is 1. The lowest BCUT2D eigenvalue weighted by molar-refractivity contribution is -0.127. The average molecular weight is 313 g/mol. The third-order valence-corrected chi connectivity index (χ3v) is 4.39. The number of nitrogens with zero attached hydrogens (tertiary/aromatic N) is 5. The lowest BCUT2D eigenvalue weighted by Gasteiger charge is -2.16. The van der Waals surface area contributed by atoms with Crippen LogP contribution in [-0.4, -0.2) is 43.6 Å². The average Bonchev–Trinajstić information content (AvgIpc) is 3.16. The molecular weight excluding hydrogens is 290 g/mol. The third-order valence-electron chi connectivity index (χ3n) is 4.39. The Balaban J connectivity index is 1.84. The van der Waals surface area contributed by atoms with Gasteiger partial charge in [0.1, 0.15) is 5.69 Å². The summed E-state index contributed by atoms with van der Waals surface area (Å²) in [5, 5.41) is 4.40. The van der Waals surface area contributed by atoms with Gasteiger partial charge in [-0.1, -0.05) is 0 Å². The molecule has 0 saturated carbocycles. The van der Waals surface area contributed by atoms with Crippen molar-refractivity contribution in [3.63, 3.8) is 0 Å². The van der Waals surface area contributed by atoms with Crippen molar-refractivity contribution in [2.45, 2.75) is 39.7 Å². The maximum Gasteiger partial charge on any atom is 0.219 e. The fourth-order valence-corrected chi connectivity index (χ4v) is 3.20. The molecule has 6 heteroatoms. The van der Waals surface area contributed by atoms with E-state index in [2.05, 4.69) is 28.9 Å². The van der Waals surface area contributed by atoms with Crippen LogP contribution in [0.4, 0.5) is 0 Å². The van der Waals surface area contributed by atoms with E-state index in [9.17, 15) is 4.79 Å². The Hall–Kier alpha value is -2.24. The molecule has 3 rings (SSSR count). The molecule has 0 bridgehead atoms. The minimum absolute atomic E-state index is 0.157. The van der Waals surface area contributed by atoms with Crippen LogP contribution in [0, 0.1) is 5.92 Å². The molecule has 1 aliphatic rings. The zero-order valence-electron chi connectivity index (χ0n) is 13.9. The first-order chi connectivity index (χ1) is 11.1. The number of rotatable bonds is 4. The lowest BCUT2D eigenvalue weighted by Crippen LogP contribution is -2.26. The molecule has 1 atom stereocenters. The lowest BCUT2D eigenvalue weighted by atomic mass is 10.0. The summed E-state index contributed by atoms with van der Waals surface area (Å²) in [5.41, 5.74) is 2.90. The zero-order chi connectivity index (χ0) is 16.4. The molecule has 6 nitrogen and oxygen atoms in total. The summed E-state index contributed by atoms with van der Waals surface area (Å²) >= 11 is 0. The van der Waals surface area contributed by atoms with Gasteiger partial charge in [0.25, 0.3) is 0 Å². The molecule has 1 fully saturated rings. The predicted octanol–water partition coefficient (Wildman–Crippen LogP) is 2.33. The van der Waals surface area contributed by atoms with Crippen molar-refractivity contribution >= 4 is 5.91 Å². The Morgan fingerprint density at radius 2 is 2.09 bits per heavy atom. The number of carbonyl (C=O) groups is 1. The van der Waals surface area contributed by atoms with Gasteiger partial charge in [-0.3, -0.25) is 19.4 Å². The van der Waals surface area contributed by atoms with Crippen molar-refractivity contribution in [1.29, 1.82) is 0 Å². The molecule has 1 unspecified atom stereocenters. The van der Waals surface area contributed by atoms with Gasteiger partial charge in [-0.25, -0.2) is 0 Å². The van der Waals surface area contributed by atoms with E-state index in [1.54, 1.807) is 25.5 Å². The van der Waals surface area contributed by atoms with Crippen molar-refractivity contribution in [2.24, 2.45) is 5.92 Å². The van der Waals surface area contributed by atoms with E-state index in [4.69, 9.17) is 0 Å². The second-order valence-corrected chi connectivity index (χ2v) is 6.43. The molecule has 0 spiro atoms. The summed E-state index contributed by atoms with van der Waals surface area (Å²) < 4.78 is 1.98. The molecule has 1 aliphatic heterocycles. The van der Waals surface area contributed by atoms with Crippen LogP contribution in [0.2, 0.25) is 0 Å². The van der Waals surface area contributed by atoms with Crippen molar-refractivity contribution in [3.05, 3.63) is 30.4 Å². The molecule has 23 heavy (non-hydrogen) atoms. The van der Waals surface area contributed by atoms with Crippen molar-refractivity contribution in [1.82, 2.24) is 24.6 Å². The zero-order valence-corrected chi connectivity index (χ0v) is 13.9. The van der Waals surface area contributed by atoms with E-state index in [1.807, 2.05) is 15.6 Å². The highest BCUT2D eigenvalue weighted by Gasteiger charge is 2.26. The van der Waals surface area contributed by atoms with Crippen LogP contribution < -0.4 is 0 Å². The van der Waals surface area contributed by atoms with Gasteiger partial charge in [0, 0.05) is 44.6 Å². The Morgan fingerprint density at radius 1 is 1.30 bits per heavy atom. The second-order valence-electron chi connectivity index (χ2n) is 6.43. The fourth-order valence-electron chi connectivity index (χ4n) is 3.20. The maximum atomic E-state index is 11.5. The summed E-state index contributed by atoms with van der Waals surface area (Å²) in [6.45, 7) is 7.51. The Morgan fingerprint density at radius 3 is 2.78 bits per heavy atom. The number of hydrogen-bond acceptors (Lipinski definition) is 4. The SMILES string of the molecule is CC(=O)N1CCC(Cc2nccnc2-c2ccnn2C(C)C)C1. The van der Waals surface area contributed by atoms with Gasteiger partial charge < -0.3 is 4.90 Å². The molecule has 1 amide bonds. The third kappa shape index (κ3) is 3.25. The van der Waals surface area contributed by atoms with Crippen molar-refractivity contribution < 1.29 is 4.79 Å². The van der Waals surface area contributed by atoms with Crippen LogP contribution in [0.5, 0.6) is 0 Å². The van der Waals surface area contributed by atoms with E-state index >= 15 is 0 Å². The van der Waals surface area contributed by atoms with Gasteiger partial charge in [-0.05, 0) is 38.7 Å². The monoisotopic (exact) mass is 313 g/mol. The summed E-state index contributed by atoms with van der Waals surface area (Å²) in [6, 6.07) is 2.26. The molecule has 0 N–H and O–H groups in total. The summed E-state index contributed by atoms with van der Waals surface area (Å²) in [6.07, 6.45) is 7.15. The second kappa shape index (κ2) is 6.48. The van der Waals surface area contributed by atoms with Crippen LogP contribution in [0.25, 0.3) is 11.4 Å². The highest BCUT2D eigenvalue weighted by Crippen LogP contribution is 2.27.